The number of rotatable bonds is 3. The number of benzene rings is 1. The number of nitrogens with one attached hydrogen (secondary N) is 1. The first-order valence-corrected chi connectivity index (χ1v) is 6.91. The Kier molecular flexibility index (Phi) is 3.12. The van der Waals surface area contributed by atoms with Gasteiger partial charge in [0, 0.05) is 23.5 Å². The lowest BCUT2D eigenvalue weighted by atomic mass is 10.2. The van der Waals surface area contributed by atoms with Gasteiger partial charge in [0.15, 0.2) is 5.65 Å². The fourth-order valence-electron chi connectivity index (χ4n) is 2.33. The molecule has 3 heterocycles. The van der Waals surface area contributed by atoms with Crippen LogP contribution in [0.5, 0.6) is 0 Å². The van der Waals surface area contributed by atoms with Crippen molar-refractivity contribution in [1.29, 1.82) is 0 Å². The fraction of sp³-hybridized carbons (Fsp3) is 0.0667. The third-order valence-electron chi connectivity index (χ3n) is 3.38. The Labute approximate surface area is 130 Å². The third-order valence-corrected chi connectivity index (χ3v) is 3.38. The standard InChI is InChI=1S/C15H11N7O/c23-14(7-22-15-11(6-20-22)5-17-9-19-15)21-12-2-1-10-4-16-8-18-13(10)3-12/h1-6,8-9H,7H2,(H,21,23). The summed E-state index contributed by atoms with van der Waals surface area (Å²) in [7, 11) is 0. The SMILES string of the molecule is O=C(Cn1ncc2cncnc21)Nc1ccc2cncnc2c1. The van der Waals surface area contributed by atoms with Gasteiger partial charge in [0.1, 0.15) is 19.2 Å². The van der Waals surface area contributed by atoms with Gasteiger partial charge < -0.3 is 5.32 Å². The van der Waals surface area contributed by atoms with E-state index in [1.54, 1.807) is 24.7 Å². The normalized spacial score (nSPS) is 11.0. The van der Waals surface area contributed by atoms with Crippen molar-refractivity contribution in [3.63, 3.8) is 0 Å². The Bertz CT molecular complexity index is 1010. The average Bonchev–Trinajstić information content (AvgIpc) is 2.98. The molecule has 0 aliphatic rings. The van der Waals surface area contributed by atoms with Gasteiger partial charge in [-0.3, -0.25) is 4.79 Å². The number of hydrogen-bond acceptors (Lipinski definition) is 6. The maximum absolute atomic E-state index is 12.2. The van der Waals surface area contributed by atoms with Crippen molar-refractivity contribution in [2.24, 2.45) is 0 Å². The number of anilines is 1. The summed E-state index contributed by atoms with van der Waals surface area (Å²) in [4.78, 5) is 28.4. The van der Waals surface area contributed by atoms with E-state index in [2.05, 4.69) is 30.4 Å². The predicted molar refractivity (Wildman–Crippen MR) is 83.5 cm³/mol. The van der Waals surface area contributed by atoms with Gasteiger partial charge in [0.25, 0.3) is 0 Å². The van der Waals surface area contributed by atoms with Crippen LogP contribution in [0.1, 0.15) is 0 Å². The van der Waals surface area contributed by atoms with Crippen LogP contribution in [0.15, 0.2) is 49.4 Å². The summed E-state index contributed by atoms with van der Waals surface area (Å²) in [5.41, 5.74) is 2.07. The minimum Gasteiger partial charge on any atom is -0.324 e. The minimum absolute atomic E-state index is 0.0718. The van der Waals surface area contributed by atoms with Gasteiger partial charge in [-0.05, 0) is 18.2 Å². The van der Waals surface area contributed by atoms with Crippen LogP contribution in [0, 0.1) is 0 Å². The van der Waals surface area contributed by atoms with Crippen molar-refractivity contribution in [2.75, 3.05) is 5.32 Å². The maximum atomic E-state index is 12.2. The van der Waals surface area contributed by atoms with Crippen molar-refractivity contribution in [3.8, 4) is 0 Å². The van der Waals surface area contributed by atoms with Crippen LogP contribution in [0.2, 0.25) is 0 Å². The molecule has 0 radical (unpaired) electrons. The molecule has 8 nitrogen and oxygen atoms in total. The van der Waals surface area contributed by atoms with Gasteiger partial charge in [-0.2, -0.15) is 5.10 Å². The van der Waals surface area contributed by atoms with E-state index in [1.807, 2.05) is 12.1 Å². The Balaban J connectivity index is 1.55. The molecule has 0 spiro atoms. The molecule has 4 aromatic rings. The highest BCUT2D eigenvalue weighted by atomic mass is 16.2. The predicted octanol–water partition coefficient (Wildman–Crippen LogP) is 1.41. The smallest absolute Gasteiger partial charge is 0.246 e. The van der Waals surface area contributed by atoms with Crippen LogP contribution in [0.25, 0.3) is 21.9 Å². The number of aromatic nitrogens is 6. The lowest BCUT2D eigenvalue weighted by Crippen LogP contribution is -2.19. The zero-order chi connectivity index (χ0) is 15.6. The molecule has 3 aromatic heterocycles. The molecule has 23 heavy (non-hydrogen) atoms. The molecule has 0 unspecified atom stereocenters. The van der Waals surface area contributed by atoms with E-state index >= 15 is 0 Å². The molecule has 8 heteroatoms. The second kappa shape index (κ2) is 5.41. The Morgan fingerprint density at radius 3 is 2.78 bits per heavy atom. The number of hydrogen-bond donors (Lipinski definition) is 1. The fourth-order valence-corrected chi connectivity index (χ4v) is 2.33. The van der Waals surface area contributed by atoms with Gasteiger partial charge in [-0.25, -0.2) is 24.6 Å². The highest BCUT2D eigenvalue weighted by Crippen LogP contribution is 2.16. The molecule has 0 aliphatic heterocycles. The van der Waals surface area contributed by atoms with Crippen molar-refractivity contribution in [2.45, 2.75) is 6.54 Å². The molecule has 0 atom stereocenters. The molecule has 4 rings (SSSR count). The zero-order valence-electron chi connectivity index (χ0n) is 11.9. The Hall–Kier alpha value is -3.42. The lowest BCUT2D eigenvalue weighted by molar-refractivity contribution is -0.116. The summed E-state index contributed by atoms with van der Waals surface area (Å²) in [5.74, 6) is -0.193. The van der Waals surface area contributed by atoms with E-state index < -0.39 is 0 Å². The first-order chi connectivity index (χ1) is 11.3. The van der Waals surface area contributed by atoms with E-state index in [-0.39, 0.29) is 12.5 Å². The quantitative estimate of drug-likeness (QED) is 0.614. The van der Waals surface area contributed by atoms with Crippen LogP contribution in [0.3, 0.4) is 0 Å². The van der Waals surface area contributed by atoms with E-state index in [4.69, 9.17) is 0 Å². The highest BCUT2D eigenvalue weighted by Gasteiger charge is 2.09. The highest BCUT2D eigenvalue weighted by molar-refractivity contribution is 5.93. The Morgan fingerprint density at radius 1 is 1.04 bits per heavy atom. The topological polar surface area (TPSA) is 98.5 Å². The molecule has 0 saturated heterocycles. The van der Waals surface area contributed by atoms with Crippen LogP contribution < -0.4 is 5.32 Å². The van der Waals surface area contributed by atoms with E-state index in [0.29, 0.717) is 11.3 Å². The van der Waals surface area contributed by atoms with E-state index in [0.717, 1.165) is 16.3 Å². The summed E-state index contributed by atoms with van der Waals surface area (Å²) >= 11 is 0. The average molecular weight is 305 g/mol. The lowest BCUT2D eigenvalue weighted by Gasteiger charge is -2.06. The second-order valence-corrected chi connectivity index (χ2v) is 4.95. The molecule has 112 valence electrons. The van der Waals surface area contributed by atoms with Crippen molar-refractivity contribution >= 4 is 33.5 Å². The third kappa shape index (κ3) is 2.57. The van der Waals surface area contributed by atoms with Crippen LogP contribution in [-0.2, 0) is 11.3 Å². The van der Waals surface area contributed by atoms with Crippen molar-refractivity contribution in [3.05, 3.63) is 49.4 Å². The summed E-state index contributed by atoms with van der Waals surface area (Å²) in [6, 6.07) is 5.48. The molecule has 1 amide bonds. The summed E-state index contributed by atoms with van der Waals surface area (Å²) in [5, 5.41) is 8.70. The van der Waals surface area contributed by atoms with Gasteiger partial charge in [-0.1, -0.05) is 0 Å². The second-order valence-electron chi connectivity index (χ2n) is 4.95. The van der Waals surface area contributed by atoms with Crippen LogP contribution in [-0.4, -0.2) is 35.6 Å². The van der Waals surface area contributed by atoms with Gasteiger partial charge in [0.05, 0.1) is 17.1 Å². The number of nitrogens with zero attached hydrogens (tertiary/aromatic N) is 6. The molecule has 0 saturated carbocycles. The van der Waals surface area contributed by atoms with Crippen molar-refractivity contribution < 1.29 is 4.79 Å². The summed E-state index contributed by atoms with van der Waals surface area (Å²) in [6.45, 7) is 0.0718. The number of amides is 1. The molecule has 0 aliphatic carbocycles. The number of carbonyl (C=O) groups is 1. The first kappa shape index (κ1) is 13.3. The van der Waals surface area contributed by atoms with E-state index in [1.165, 1.54) is 17.3 Å². The first-order valence-electron chi connectivity index (χ1n) is 6.91. The number of fused-ring (bicyclic) bond motifs is 2. The largest absolute Gasteiger partial charge is 0.324 e. The van der Waals surface area contributed by atoms with Crippen LogP contribution >= 0.6 is 0 Å². The molecule has 1 aromatic carbocycles. The summed E-state index contributed by atoms with van der Waals surface area (Å²) in [6.07, 6.45) is 7.93. The number of carbonyl (C=O) groups excluding carboxylic acids is 1. The van der Waals surface area contributed by atoms with Crippen molar-refractivity contribution in [1.82, 2.24) is 29.7 Å². The van der Waals surface area contributed by atoms with Gasteiger partial charge in [-0.15, -0.1) is 0 Å². The van der Waals surface area contributed by atoms with E-state index in [9.17, 15) is 4.79 Å². The minimum atomic E-state index is -0.193. The summed E-state index contributed by atoms with van der Waals surface area (Å²) < 4.78 is 1.54. The molecule has 1 N–H and O–H groups in total. The molecular weight excluding hydrogens is 294 g/mol. The molecule has 0 fully saturated rings. The zero-order valence-corrected chi connectivity index (χ0v) is 11.9. The van der Waals surface area contributed by atoms with Gasteiger partial charge in [0.2, 0.25) is 5.91 Å². The maximum Gasteiger partial charge on any atom is 0.246 e. The van der Waals surface area contributed by atoms with Crippen LogP contribution in [0.4, 0.5) is 5.69 Å². The molecule has 0 bridgehead atoms. The van der Waals surface area contributed by atoms with Gasteiger partial charge >= 0.3 is 0 Å². The monoisotopic (exact) mass is 305 g/mol. The Morgan fingerprint density at radius 2 is 1.87 bits per heavy atom. The molecular formula is C15H11N7O.